The van der Waals surface area contributed by atoms with Gasteiger partial charge in [0.1, 0.15) is 0 Å². The highest BCUT2D eigenvalue weighted by atomic mass is 32.1. The van der Waals surface area contributed by atoms with Gasteiger partial charge in [-0.05, 0) is 229 Å². The maximum atomic E-state index is 2.72. The molecule has 1 aromatic heterocycles. The molecule has 8 aromatic carbocycles. The standard InChI is InChI=1S/C79H90BN3S/c1-47-38-67-72-68(39-47)83(64-22-21-23-69-71(64)55-29-24-52(75(10,11)12)42-70(55)84-69)65-44-54(81(62-32-25-50(40-48(62)2)73(4,5)6)63-33-26-51(41-49(63)3)74(7,8)9)28-31-60(65)80(72)61-45-58-59(79(19,20)37-36-78(58,17)18)46-66(61)82(67)53-27-30-56-57(43-53)77(15,16)35-34-76(56,13)14/h21-33,38-46H,34-37H2,1-20H3. The zero-order chi connectivity index (χ0) is 59.9. The fourth-order valence-electron chi connectivity index (χ4n) is 15.2. The molecule has 0 amide bonds. The first kappa shape index (κ1) is 56.6. The highest BCUT2D eigenvalue weighted by Gasteiger charge is 2.48. The van der Waals surface area contributed by atoms with Crippen LogP contribution in [-0.2, 0) is 37.9 Å². The molecular weight excluding hydrogens is 1030 g/mol. The van der Waals surface area contributed by atoms with Gasteiger partial charge in [0, 0.05) is 65.7 Å². The summed E-state index contributed by atoms with van der Waals surface area (Å²) in [6, 6.07) is 54.3. The molecule has 0 radical (unpaired) electrons. The summed E-state index contributed by atoms with van der Waals surface area (Å²) in [4.78, 5) is 8.00. The lowest BCUT2D eigenvalue weighted by atomic mass is 9.33. The number of aryl methyl sites for hydroxylation is 3. The quantitative estimate of drug-likeness (QED) is 0.159. The Morgan fingerprint density at radius 1 is 0.429 bits per heavy atom. The monoisotopic (exact) mass is 1120 g/mol. The number of hydrogen-bond donors (Lipinski definition) is 0. The molecule has 0 saturated heterocycles. The minimum Gasteiger partial charge on any atom is -0.311 e. The van der Waals surface area contributed by atoms with Crippen molar-refractivity contribution in [2.75, 3.05) is 14.7 Å². The Labute approximate surface area is 508 Å². The van der Waals surface area contributed by atoms with E-state index in [4.69, 9.17) is 0 Å². The number of rotatable bonds is 5. The molecule has 84 heavy (non-hydrogen) atoms. The third-order valence-electron chi connectivity index (χ3n) is 20.7. The SMILES string of the molecule is Cc1cc2c3c(c1)N(c1cccc4sc5cc(C(C)(C)C)ccc5c14)c1cc(N(c4ccc(C(C)(C)C)cc4C)c4ccc(C(C)(C)C)cc4C)ccc1B3c1cc3c(cc1N2c1ccc2c(c1)C(C)(C)CCC2(C)C)C(C)(C)CCC3(C)C. The van der Waals surface area contributed by atoms with Crippen LogP contribution in [0.1, 0.15) is 199 Å². The van der Waals surface area contributed by atoms with E-state index < -0.39 is 0 Å². The lowest BCUT2D eigenvalue weighted by Crippen LogP contribution is -2.62. The summed E-state index contributed by atoms with van der Waals surface area (Å²) in [6.45, 7) is 47.8. The number of thiophene rings is 1. The van der Waals surface area contributed by atoms with Crippen LogP contribution in [0, 0.1) is 20.8 Å². The topological polar surface area (TPSA) is 9.72 Å². The Morgan fingerprint density at radius 2 is 0.940 bits per heavy atom. The van der Waals surface area contributed by atoms with Crippen molar-refractivity contribution < 1.29 is 0 Å². The van der Waals surface area contributed by atoms with Crippen molar-refractivity contribution >= 4 is 106 Å². The molecule has 13 rings (SSSR count). The van der Waals surface area contributed by atoms with Crippen molar-refractivity contribution in [3.05, 3.63) is 189 Å². The minimum atomic E-state index is -0.0388. The average Bonchev–Trinajstić information content (AvgIpc) is 0.855. The molecule has 3 heterocycles. The molecular formula is C79H90BN3S. The third kappa shape index (κ3) is 8.92. The third-order valence-corrected chi connectivity index (χ3v) is 21.8. The number of anilines is 9. The van der Waals surface area contributed by atoms with Crippen molar-refractivity contribution in [2.45, 2.75) is 202 Å². The summed E-state index contributed by atoms with van der Waals surface area (Å²) in [5.41, 5.74) is 29.3. The Morgan fingerprint density at radius 3 is 1.51 bits per heavy atom. The van der Waals surface area contributed by atoms with Gasteiger partial charge in [-0.2, -0.15) is 0 Å². The van der Waals surface area contributed by atoms with Crippen molar-refractivity contribution in [3.63, 3.8) is 0 Å². The van der Waals surface area contributed by atoms with E-state index in [0.717, 1.165) is 18.5 Å². The van der Waals surface area contributed by atoms with Crippen molar-refractivity contribution in [2.24, 2.45) is 0 Å². The fourth-order valence-corrected chi connectivity index (χ4v) is 16.3. The van der Waals surface area contributed by atoms with E-state index in [1.807, 2.05) is 11.3 Å². The van der Waals surface area contributed by atoms with Crippen LogP contribution in [0.2, 0.25) is 0 Å². The van der Waals surface area contributed by atoms with Gasteiger partial charge >= 0.3 is 0 Å². The lowest BCUT2D eigenvalue weighted by Gasteiger charge is -2.48. The molecule has 0 fully saturated rings. The molecule has 0 atom stereocenters. The highest BCUT2D eigenvalue weighted by molar-refractivity contribution is 7.26. The number of hydrogen-bond acceptors (Lipinski definition) is 4. The summed E-state index contributed by atoms with van der Waals surface area (Å²) in [6.07, 6.45) is 4.67. The number of fused-ring (bicyclic) bond motifs is 9. The molecule has 430 valence electrons. The molecule has 5 heteroatoms. The summed E-state index contributed by atoms with van der Waals surface area (Å²) in [5.74, 6) is 0. The summed E-state index contributed by atoms with van der Waals surface area (Å²) in [7, 11) is 0. The van der Waals surface area contributed by atoms with E-state index in [0.29, 0.717) is 0 Å². The molecule has 4 aliphatic rings. The van der Waals surface area contributed by atoms with Crippen molar-refractivity contribution in [1.29, 1.82) is 0 Å². The molecule has 2 aliphatic carbocycles. The predicted molar refractivity (Wildman–Crippen MR) is 369 cm³/mol. The first-order valence-corrected chi connectivity index (χ1v) is 32.3. The van der Waals surface area contributed by atoms with Crippen molar-refractivity contribution in [1.82, 2.24) is 0 Å². The van der Waals surface area contributed by atoms with E-state index in [2.05, 4.69) is 287 Å². The minimum absolute atomic E-state index is 0.0136. The second-order valence-electron chi connectivity index (χ2n) is 31.8. The molecule has 2 aliphatic heterocycles. The average molecular weight is 1120 g/mol. The Bertz CT molecular complexity index is 4150. The first-order chi connectivity index (χ1) is 39.2. The van der Waals surface area contributed by atoms with Crippen molar-refractivity contribution in [3.8, 4) is 0 Å². The normalized spacial score (nSPS) is 17.4. The molecule has 0 unspecified atom stereocenters. The molecule has 0 spiro atoms. The van der Waals surface area contributed by atoms with Crippen LogP contribution in [-0.4, -0.2) is 6.71 Å². The van der Waals surface area contributed by atoms with E-state index in [-0.39, 0.29) is 44.6 Å². The smallest absolute Gasteiger partial charge is 0.252 e. The van der Waals surface area contributed by atoms with Gasteiger partial charge in [-0.25, -0.2) is 0 Å². The van der Waals surface area contributed by atoms with Gasteiger partial charge in [0.25, 0.3) is 6.71 Å². The molecule has 9 aromatic rings. The predicted octanol–water partition coefficient (Wildman–Crippen LogP) is 21.1. The maximum absolute atomic E-state index is 2.72. The summed E-state index contributed by atoms with van der Waals surface area (Å²) >= 11 is 1.94. The maximum Gasteiger partial charge on any atom is 0.252 e. The van der Waals surface area contributed by atoms with Crippen LogP contribution in [0.5, 0.6) is 0 Å². The van der Waals surface area contributed by atoms with Gasteiger partial charge in [-0.3, -0.25) is 0 Å². The second kappa shape index (κ2) is 18.7. The van der Waals surface area contributed by atoms with Gasteiger partial charge in [0.2, 0.25) is 0 Å². The second-order valence-corrected chi connectivity index (χ2v) is 32.9. The van der Waals surface area contributed by atoms with E-state index in [1.54, 1.807) is 0 Å². The van der Waals surface area contributed by atoms with Crippen LogP contribution < -0.4 is 31.1 Å². The highest BCUT2D eigenvalue weighted by Crippen LogP contribution is 2.55. The number of benzene rings is 8. The van der Waals surface area contributed by atoms with Gasteiger partial charge < -0.3 is 14.7 Å². The lowest BCUT2D eigenvalue weighted by molar-refractivity contribution is 0.332. The molecule has 3 nitrogen and oxygen atoms in total. The Balaban J connectivity index is 1.15. The zero-order valence-electron chi connectivity index (χ0n) is 54.4. The van der Waals surface area contributed by atoms with E-state index in [1.165, 1.54) is 151 Å². The zero-order valence-corrected chi connectivity index (χ0v) is 55.2. The van der Waals surface area contributed by atoms with Gasteiger partial charge in [0.15, 0.2) is 0 Å². The van der Waals surface area contributed by atoms with Crippen LogP contribution in [0.3, 0.4) is 0 Å². The fraction of sp³-hybridized carbons (Fsp3) is 0.392. The summed E-state index contributed by atoms with van der Waals surface area (Å²) in [5, 5.41) is 2.63. The first-order valence-electron chi connectivity index (χ1n) is 31.4. The van der Waals surface area contributed by atoms with Gasteiger partial charge in [0.05, 0.1) is 5.69 Å². The molecule has 0 bridgehead atoms. The van der Waals surface area contributed by atoms with Crippen LogP contribution >= 0.6 is 11.3 Å². The molecule has 0 saturated carbocycles. The largest absolute Gasteiger partial charge is 0.311 e. The van der Waals surface area contributed by atoms with Crippen LogP contribution in [0.4, 0.5) is 51.2 Å². The Kier molecular flexibility index (Phi) is 12.6. The Hall–Kier alpha value is -6.56. The number of nitrogens with zero attached hydrogens (tertiary/aromatic N) is 3. The van der Waals surface area contributed by atoms with Gasteiger partial charge in [-0.1, -0.05) is 178 Å². The summed E-state index contributed by atoms with van der Waals surface area (Å²) < 4.78 is 2.65. The molecule has 0 N–H and O–H groups in total. The van der Waals surface area contributed by atoms with Crippen LogP contribution in [0.25, 0.3) is 20.2 Å². The van der Waals surface area contributed by atoms with Crippen LogP contribution in [0.15, 0.2) is 133 Å². The van der Waals surface area contributed by atoms with Gasteiger partial charge in [-0.15, -0.1) is 11.3 Å². The van der Waals surface area contributed by atoms with E-state index >= 15 is 0 Å². The van der Waals surface area contributed by atoms with E-state index in [9.17, 15) is 0 Å².